The van der Waals surface area contributed by atoms with Crippen molar-refractivity contribution in [3.05, 3.63) is 0 Å². The molecule has 2 fully saturated rings. The first kappa shape index (κ1) is 13.6. The predicted octanol–water partition coefficient (Wildman–Crippen LogP) is 0.388. The molecule has 2 heterocycles. The minimum atomic E-state index is -0.939. The van der Waals surface area contributed by atoms with Crippen LogP contribution < -0.4 is 5.73 Å². The van der Waals surface area contributed by atoms with Crippen LogP contribution in [0.25, 0.3) is 0 Å². The van der Waals surface area contributed by atoms with Crippen molar-refractivity contribution in [2.24, 2.45) is 5.73 Å². The van der Waals surface area contributed by atoms with Crippen molar-refractivity contribution in [1.82, 2.24) is 4.90 Å². The minimum Gasteiger partial charge on any atom is -0.465 e. The fourth-order valence-electron chi connectivity index (χ4n) is 2.90. The summed E-state index contributed by atoms with van der Waals surface area (Å²) in [5.41, 5.74) is 5.02. The molecule has 0 saturated carbocycles. The van der Waals surface area contributed by atoms with E-state index in [1.165, 1.54) is 4.90 Å². The van der Waals surface area contributed by atoms with Gasteiger partial charge in [-0.1, -0.05) is 0 Å². The van der Waals surface area contributed by atoms with Crippen LogP contribution >= 0.6 is 0 Å². The molecule has 0 aliphatic carbocycles. The molecule has 6 nitrogen and oxygen atoms in total. The highest BCUT2D eigenvalue weighted by Crippen LogP contribution is 2.31. The molecule has 104 valence electrons. The molecule has 0 bridgehead atoms. The topological polar surface area (TPSA) is 96.0 Å². The SMILES string of the molecule is NC1CCC(CC2(O)CCOCC2)N(C(=O)O)C1. The fourth-order valence-corrected chi connectivity index (χ4v) is 2.90. The van der Waals surface area contributed by atoms with Gasteiger partial charge in [-0.15, -0.1) is 0 Å². The van der Waals surface area contributed by atoms with Crippen LogP contribution in [0, 0.1) is 0 Å². The van der Waals surface area contributed by atoms with Gasteiger partial charge in [0.1, 0.15) is 0 Å². The molecule has 2 atom stereocenters. The maximum absolute atomic E-state index is 11.2. The number of nitrogens with zero attached hydrogens (tertiary/aromatic N) is 1. The van der Waals surface area contributed by atoms with Crippen LogP contribution in [-0.2, 0) is 4.74 Å². The molecule has 2 aliphatic heterocycles. The molecule has 1 amide bonds. The zero-order valence-corrected chi connectivity index (χ0v) is 10.5. The number of amides is 1. The molecule has 18 heavy (non-hydrogen) atoms. The monoisotopic (exact) mass is 258 g/mol. The lowest BCUT2D eigenvalue weighted by molar-refractivity contribution is -0.0818. The molecule has 2 unspecified atom stereocenters. The molecule has 4 N–H and O–H groups in total. The van der Waals surface area contributed by atoms with Gasteiger partial charge in [0.2, 0.25) is 0 Å². The highest BCUT2D eigenvalue weighted by atomic mass is 16.5. The average Bonchev–Trinajstić information content (AvgIpc) is 2.32. The van der Waals surface area contributed by atoms with E-state index < -0.39 is 11.7 Å². The number of rotatable bonds is 2. The first-order chi connectivity index (χ1) is 8.50. The number of hydrogen-bond donors (Lipinski definition) is 3. The van der Waals surface area contributed by atoms with Crippen molar-refractivity contribution in [2.45, 2.75) is 49.8 Å². The maximum Gasteiger partial charge on any atom is 0.407 e. The van der Waals surface area contributed by atoms with Gasteiger partial charge in [-0.3, -0.25) is 0 Å². The molecule has 2 rings (SSSR count). The van der Waals surface area contributed by atoms with Crippen molar-refractivity contribution >= 4 is 6.09 Å². The third-order valence-electron chi connectivity index (χ3n) is 4.03. The van der Waals surface area contributed by atoms with Gasteiger partial charge in [0.05, 0.1) is 5.60 Å². The highest BCUT2D eigenvalue weighted by molar-refractivity contribution is 5.65. The number of carboxylic acid groups (broad SMARTS) is 1. The third kappa shape index (κ3) is 3.13. The Balaban J connectivity index is 1.99. The molecule has 0 spiro atoms. The maximum atomic E-state index is 11.2. The summed E-state index contributed by atoms with van der Waals surface area (Å²) in [6.45, 7) is 1.47. The Morgan fingerprint density at radius 1 is 1.39 bits per heavy atom. The molecular formula is C12H22N2O4. The normalized spacial score (nSPS) is 32.2. The van der Waals surface area contributed by atoms with Crippen LogP contribution in [0.2, 0.25) is 0 Å². The molecule has 0 radical (unpaired) electrons. The summed E-state index contributed by atoms with van der Waals surface area (Å²) in [6.07, 6.45) is 2.28. The summed E-state index contributed by atoms with van der Waals surface area (Å²) < 4.78 is 5.24. The number of carbonyl (C=O) groups is 1. The predicted molar refractivity (Wildman–Crippen MR) is 65.3 cm³/mol. The summed E-state index contributed by atoms with van der Waals surface area (Å²) in [4.78, 5) is 12.6. The molecule has 2 saturated heterocycles. The Kier molecular flexibility index (Phi) is 4.09. The second-order valence-electron chi connectivity index (χ2n) is 5.47. The standard InChI is InChI=1S/C12H22N2O4/c13-9-1-2-10(14(8-9)11(15)16)7-12(17)3-5-18-6-4-12/h9-10,17H,1-8,13H2,(H,15,16). The van der Waals surface area contributed by atoms with Crippen LogP contribution in [0.15, 0.2) is 0 Å². The summed E-state index contributed by atoms with van der Waals surface area (Å²) >= 11 is 0. The van der Waals surface area contributed by atoms with Gasteiger partial charge in [-0.2, -0.15) is 0 Å². The average molecular weight is 258 g/mol. The summed E-state index contributed by atoms with van der Waals surface area (Å²) in [5.74, 6) is 0. The number of piperidine rings is 1. The summed E-state index contributed by atoms with van der Waals surface area (Å²) in [7, 11) is 0. The Morgan fingerprint density at radius 3 is 2.67 bits per heavy atom. The van der Waals surface area contributed by atoms with E-state index in [2.05, 4.69) is 0 Å². The summed E-state index contributed by atoms with van der Waals surface area (Å²) in [5, 5.41) is 19.7. The van der Waals surface area contributed by atoms with Crippen LogP contribution in [0.1, 0.15) is 32.1 Å². The Hall–Kier alpha value is -0.850. The fraction of sp³-hybridized carbons (Fsp3) is 0.917. The van der Waals surface area contributed by atoms with Crippen molar-refractivity contribution in [3.63, 3.8) is 0 Å². The van der Waals surface area contributed by atoms with Gasteiger partial charge >= 0.3 is 6.09 Å². The van der Waals surface area contributed by atoms with Crippen LogP contribution in [0.4, 0.5) is 4.79 Å². The minimum absolute atomic E-state index is 0.0818. The van der Waals surface area contributed by atoms with Gasteiger partial charge in [-0.25, -0.2) is 4.79 Å². The van der Waals surface area contributed by atoms with E-state index in [1.807, 2.05) is 0 Å². The first-order valence-corrected chi connectivity index (χ1v) is 6.55. The number of aliphatic hydroxyl groups is 1. The molecule has 0 aromatic rings. The Morgan fingerprint density at radius 2 is 2.06 bits per heavy atom. The second-order valence-corrected chi connectivity index (χ2v) is 5.47. The second kappa shape index (κ2) is 5.42. The first-order valence-electron chi connectivity index (χ1n) is 6.55. The van der Waals surface area contributed by atoms with Gasteiger partial charge in [-0.05, 0) is 32.1 Å². The highest BCUT2D eigenvalue weighted by Gasteiger charge is 2.38. The smallest absolute Gasteiger partial charge is 0.407 e. The number of likely N-dealkylation sites (tertiary alicyclic amines) is 1. The summed E-state index contributed by atoms with van der Waals surface area (Å²) in [6, 6.07) is -0.202. The number of hydrogen-bond acceptors (Lipinski definition) is 4. The van der Waals surface area contributed by atoms with Crippen molar-refractivity contribution in [3.8, 4) is 0 Å². The third-order valence-corrected chi connectivity index (χ3v) is 4.03. The molecule has 0 aromatic carbocycles. The molecule has 6 heteroatoms. The van der Waals surface area contributed by atoms with E-state index in [4.69, 9.17) is 10.5 Å². The molecule has 0 aromatic heterocycles. The van der Waals surface area contributed by atoms with Gasteiger partial charge in [0, 0.05) is 31.8 Å². The van der Waals surface area contributed by atoms with E-state index in [0.717, 1.165) is 12.8 Å². The number of nitrogens with two attached hydrogens (primary N) is 1. The molecular weight excluding hydrogens is 236 g/mol. The van der Waals surface area contributed by atoms with E-state index in [-0.39, 0.29) is 12.1 Å². The van der Waals surface area contributed by atoms with Crippen molar-refractivity contribution in [1.29, 1.82) is 0 Å². The zero-order valence-electron chi connectivity index (χ0n) is 10.5. The lowest BCUT2D eigenvalue weighted by atomic mass is 9.83. The largest absolute Gasteiger partial charge is 0.465 e. The van der Waals surface area contributed by atoms with E-state index in [9.17, 15) is 15.0 Å². The van der Waals surface area contributed by atoms with Crippen LogP contribution in [0.3, 0.4) is 0 Å². The van der Waals surface area contributed by atoms with Crippen molar-refractivity contribution < 1.29 is 19.7 Å². The van der Waals surface area contributed by atoms with Crippen LogP contribution in [0.5, 0.6) is 0 Å². The Labute approximate surface area is 107 Å². The van der Waals surface area contributed by atoms with Gasteiger partial charge < -0.3 is 25.6 Å². The van der Waals surface area contributed by atoms with E-state index >= 15 is 0 Å². The van der Waals surface area contributed by atoms with E-state index in [1.54, 1.807) is 0 Å². The Bertz CT molecular complexity index is 304. The molecule has 2 aliphatic rings. The van der Waals surface area contributed by atoms with Gasteiger partial charge in [0.15, 0.2) is 0 Å². The number of ether oxygens (including phenoxy) is 1. The zero-order chi connectivity index (χ0) is 13.2. The van der Waals surface area contributed by atoms with Crippen molar-refractivity contribution in [2.75, 3.05) is 19.8 Å². The lowest BCUT2D eigenvalue weighted by Crippen LogP contribution is -2.54. The van der Waals surface area contributed by atoms with Gasteiger partial charge in [0.25, 0.3) is 0 Å². The quantitative estimate of drug-likeness (QED) is 0.665. The lowest BCUT2D eigenvalue weighted by Gasteiger charge is -2.42. The van der Waals surface area contributed by atoms with E-state index in [0.29, 0.717) is 39.0 Å². The van der Waals surface area contributed by atoms with Crippen LogP contribution in [-0.4, -0.2) is 58.6 Å².